The summed E-state index contributed by atoms with van der Waals surface area (Å²) in [6, 6.07) is 2.54. The van der Waals surface area contributed by atoms with E-state index in [1.807, 2.05) is 0 Å². The van der Waals surface area contributed by atoms with Crippen LogP contribution in [0.5, 0.6) is 11.5 Å². The number of morpholine rings is 1. The summed E-state index contributed by atoms with van der Waals surface area (Å²) in [5.74, 6) is -0.608. The highest BCUT2D eigenvalue weighted by Gasteiger charge is 2.24. The van der Waals surface area contributed by atoms with Crippen LogP contribution in [0.1, 0.15) is 11.6 Å². The predicted molar refractivity (Wildman–Crippen MR) is 56.2 cm³/mol. The molecule has 0 amide bonds. The fourth-order valence-corrected chi connectivity index (χ4v) is 1.82. The quantitative estimate of drug-likeness (QED) is 0.797. The zero-order valence-electron chi connectivity index (χ0n) is 9.00. The van der Waals surface area contributed by atoms with Crippen LogP contribution in [0.25, 0.3) is 0 Å². The van der Waals surface area contributed by atoms with Crippen LogP contribution in [0.4, 0.5) is 4.39 Å². The molecule has 2 rings (SSSR count). The topological polar surface area (TPSA) is 50.7 Å². The van der Waals surface area contributed by atoms with Gasteiger partial charge in [-0.05, 0) is 12.1 Å². The molecule has 88 valence electrons. The number of rotatable bonds is 2. The van der Waals surface area contributed by atoms with Crippen molar-refractivity contribution in [2.45, 2.75) is 6.04 Å². The van der Waals surface area contributed by atoms with E-state index >= 15 is 0 Å². The molecule has 1 aliphatic rings. The number of hydrogen-bond acceptors (Lipinski definition) is 4. The van der Waals surface area contributed by atoms with E-state index in [4.69, 9.17) is 9.47 Å². The molecule has 0 spiro atoms. The number of nitrogens with one attached hydrogen (secondary N) is 1. The van der Waals surface area contributed by atoms with Gasteiger partial charge in [0.1, 0.15) is 5.75 Å². The molecular formula is C11H14FNO3. The van der Waals surface area contributed by atoms with E-state index in [1.165, 1.54) is 13.2 Å². The number of aromatic hydroxyl groups is 1. The van der Waals surface area contributed by atoms with Crippen molar-refractivity contribution in [2.75, 3.05) is 26.9 Å². The van der Waals surface area contributed by atoms with Crippen molar-refractivity contribution in [3.05, 3.63) is 23.5 Å². The molecule has 2 N–H and O–H groups in total. The maximum absolute atomic E-state index is 13.8. The van der Waals surface area contributed by atoms with Crippen molar-refractivity contribution in [3.8, 4) is 11.5 Å². The molecule has 1 heterocycles. The molecule has 0 bridgehead atoms. The zero-order chi connectivity index (χ0) is 11.5. The summed E-state index contributed by atoms with van der Waals surface area (Å²) in [6.45, 7) is 1.64. The Hall–Kier alpha value is -1.33. The summed E-state index contributed by atoms with van der Waals surface area (Å²) in [5.41, 5.74) is 0.321. The number of benzene rings is 1. The first kappa shape index (κ1) is 11.2. The van der Waals surface area contributed by atoms with Crippen LogP contribution in [-0.2, 0) is 4.74 Å². The molecule has 1 aromatic carbocycles. The maximum atomic E-state index is 13.8. The highest BCUT2D eigenvalue weighted by molar-refractivity contribution is 5.43. The van der Waals surface area contributed by atoms with Crippen molar-refractivity contribution in [1.82, 2.24) is 5.32 Å². The highest BCUT2D eigenvalue weighted by Crippen LogP contribution is 2.33. The monoisotopic (exact) mass is 227 g/mol. The molecule has 1 unspecified atom stereocenters. The van der Waals surface area contributed by atoms with E-state index < -0.39 is 5.82 Å². The second-order valence-corrected chi connectivity index (χ2v) is 3.60. The van der Waals surface area contributed by atoms with Crippen LogP contribution >= 0.6 is 0 Å². The van der Waals surface area contributed by atoms with Gasteiger partial charge in [-0.3, -0.25) is 0 Å². The molecule has 0 saturated carbocycles. The van der Waals surface area contributed by atoms with Crippen LogP contribution in [0, 0.1) is 5.82 Å². The Morgan fingerprint density at radius 3 is 3.00 bits per heavy atom. The second-order valence-electron chi connectivity index (χ2n) is 3.60. The summed E-state index contributed by atoms with van der Waals surface area (Å²) >= 11 is 0. The third-order valence-corrected chi connectivity index (χ3v) is 2.61. The van der Waals surface area contributed by atoms with Gasteiger partial charge in [0.2, 0.25) is 0 Å². The molecule has 1 saturated heterocycles. The van der Waals surface area contributed by atoms with Gasteiger partial charge < -0.3 is 19.9 Å². The molecule has 0 aromatic heterocycles. The maximum Gasteiger partial charge on any atom is 0.173 e. The Balaban J connectivity index is 2.39. The third kappa shape index (κ3) is 1.96. The lowest BCUT2D eigenvalue weighted by atomic mass is 10.0. The van der Waals surface area contributed by atoms with Gasteiger partial charge in [-0.2, -0.15) is 0 Å². The van der Waals surface area contributed by atoms with Crippen LogP contribution in [0.3, 0.4) is 0 Å². The molecular weight excluding hydrogens is 213 g/mol. The summed E-state index contributed by atoms with van der Waals surface area (Å²) in [5, 5.41) is 12.5. The summed E-state index contributed by atoms with van der Waals surface area (Å²) in [7, 11) is 1.47. The third-order valence-electron chi connectivity index (χ3n) is 2.61. The van der Waals surface area contributed by atoms with Crippen molar-refractivity contribution in [3.63, 3.8) is 0 Å². The fourth-order valence-electron chi connectivity index (χ4n) is 1.82. The summed E-state index contributed by atoms with van der Waals surface area (Å²) < 4.78 is 24.2. The van der Waals surface area contributed by atoms with Gasteiger partial charge >= 0.3 is 0 Å². The fraction of sp³-hybridized carbons (Fsp3) is 0.455. The van der Waals surface area contributed by atoms with Crippen molar-refractivity contribution in [2.24, 2.45) is 0 Å². The SMILES string of the molecule is COc1ccc(O)c(F)c1C1COCCN1. The Bertz CT molecular complexity index is 378. The molecule has 1 atom stereocenters. The van der Waals surface area contributed by atoms with E-state index in [2.05, 4.69) is 5.32 Å². The molecule has 0 radical (unpaired) electrons. The van der Waals surface area contributed by atoms with E-state index in [1.54, 1.807) is 6.07 Å². The van der Waals surface area contributed by atoms with Crippen molar-refractivity contribution in [1.29, 1.82) is 0 Å². The number of phenols is 1. The molecule has 1 aromatic rings. The van der Waals surface area contributed by atoms with E-state index in [0.717, 1.165) is 0 Å². The lowest BCUT2D eigenvalue weighted by Crippen LogP contribution is -2.35. The highest BCUT2D eigenvalue weighted by atomic mass is 19.1. The number of halogens is 1. The summed E-state index contributed by atoms with van der Waals surface area (Å²) in [4.78, 5) is 0. The van der Waals surface area contributed by atoms with Crippen LogP contribution in [0.2, 0.25) is 0 Å². The molecule has 0 aliphatic carbocycles. The average molecular weight is 227 g/mol. The first-order valence-electron chi connectivity index (χ1n) is 5.10. The summed E-state index contributed by atoms with van der Waals surface area (Å²) in [6.07, 6.45) is 0. The van der Waals surface area contributed by atoms with Gasteiger partial charge in [-0.15, -0.1) is 0 Å². The van der Waals surface area contributed by atoms with Gasteiger partial charge in [0, 0.05) is 6.54 Å². The Kier molecular flexibility index (Phi) is 3.26. The van der Waals surface area contributed by atoms with E-state index in [-0.39, 0.29) is 11.8 Å². The average Bonchev–Trinajstić information content (AvgIpc) is 2.33. The minimum absolute atomic E-state index is 0.282. The smallest absolute Gasteiger partial charge is 0.173 e. The lowest BCUT2D eigenvalue weighted by Gasteiger charge is -2.26. The van der Waals surface area contributed by atoms with Crippen LogP contribution < -0.4 is 10.1 Å². The Morgan fingerprint density at radius 2 is 2.38 bits per heavy atom. The molecule has 1 aliphatic heterocycles. The molecule has 16 heavy (non-hydrogen) atoms. The van der Waals surface area contributed by atoms with Gasteiger partial charge in [0.05, 0.1) is 31.9 Å². The number of methoxy groups -OCH3 is 1. The van der Waals surface area contributed by atoms with E-state index in [9.17, 15) is 9.50 Å². The minimum atomic E-state index is -0.651. The number of ether oxygens (including phenoxy) is 2. The standard InChI is InChI=1S/C11H14FNO3/c1-15-9-3-2-8(14)11(12)10(9)7-6-16-5-4-13-7/h2-3,7,13-14H,4-6H2,1H3. The normalized spacial score (nSPS) is 20.8. The first-order valence-corrected chi connectivity index (χ1v) is 5.10. The van der Waals surface area contributed by atoms with Crippen molar-refractivity contribution < 1.29 is 19.0 Å². The first-order chi connectivity index (χ1) is 7.74. The van der Waals surface area contributed by atoms with Gasteiger partial charge in [-0.1, -0.05) is 0 Å². The van der Waals surface area contributed by atoms with Gasteiger partial charge in [0.25, 0.3) is 0 Å². The van der Waals surface area contributed by atoms with Crippen molar-refractivity contribution >= 4 is 0 Å². The number of hydrogen-bond donors (Lipinski definition) is 2. The van der Waals surface area contributed by atoms with Gasteiger partial charge in [0.15, 0.2) is 11.6 Å². The molecule has 4 nitrogen and oxygen atoms in total. The zero-order valence-corrected chi connectivity index (χ0v) is 9.00. The minimum Gasteiger partial charge on any atom is -0.505 e. The second kappa shape index (κ2) is 4.67. The molecule has 5 heteroatoms. The number of phenolic OH excluding ortho intramolecular Hbond substituents is 1. The molecule has 1 fully saturated rings. The van der Waals surface area contributed by atoms with Crippen LogP contribution in [0.15, 0.2) is 12.1 Å². The van der Waals surface area contributed by atoms with E-state index in [0.29, 0.717) is 31.1 Å². The Morgan fingerprint density at radius 1 is 1.56 bits per heavy atom. The predicted octanol–water partition coefficient (Wildman–Crippen LogP) is 1.20. The largest absolute Gasteiger partial charge is 0.505 e. The Labute approximate surface area is 93.0 Å². The lowest BCUT2D eigenvalue weighted by molar-refractivity contribution is 0.0747. The van der Waals surface area contributed by atoms with Crippen LogP contribution in [-0.4, -0.2) is 32.0 Å². The van der Waals surface area contributed by atoms with Gasteiger partial charge in [-0.25, -0.2) is 4.39 Å².